The molecule has 1 fully saturated rings. The van der Waals surface area contributed by atoms with Crippen LogP contribution in [-0.2, 0) is 4.79 Å². The lowest BCUT2D eigenvalue weighted by Gasteiger charge is -2.21. The zero-order valence-corrected chi connectivity index (χ0v) is 11.8. The van der Waals surface area contributed by atoms with E-state index in [-0.39, 0.29) is 5.91 Å². The largest absolute Gasteiger partial charge is 0.376 e. The molecule has 1 N–H and O–H groups in total. The van der Waals surface area contributed by atoms with Crippen molar-refractivity contribution in [2.45, 2.75) is 32.6 Å². The molecule has 0 radical (unpaired) electrons. The van der Waals surface area contributed by atoms with E-state index in [1.165, 1.54) is 12.8 Å². The smallest absolute Gasteiger partial charge is 0.241 e. The van der Waals surface area contributed by atoms with Crippen molar-refractivity contribution in [1.29, 1.82) is 0 Å². The number of likely N-dealkylation sites (tertiary alicyclic amines) is 1. The van der Waals surface area contributed by atoms with Crippen LogP contribution in [0.15, 0.2) is 30.3 Å². The predicted molar refractivity (Wildman–Crippen MR) is 79.1 cm³/mol. The number of anilines is 1. The van der Waals surface area contributed by atoms with E-state index in [1.54, 1.807) is 0 Å². The van der Waals surface area contributed by atoms with E-state index in [4.69, 9.17) is 0 Å². The first-order chi connectivity index (χ1) is 9.29. The Bertz CT molecular complexity index is 391. The molecule has 1 aromatic carbocycles. The summed E-state index contributed by atoms with van der Waals surface area (Å²) in [5, 5.41) is 3.20. The number of carbonyl (C=O) groups excluding carboxylic acids is 1. The number of benzene rings is 1. The summed E-state index contributed by atoms with van der Waals surface area (Å²) < 4.78 is 0. The highest BCUT2D eigenvalue weighted by Gasteiger charge is 2.19. The highest BCUT2D eigenvalue weighted by molar-refractivity contribution is 5.80. The second-order valence-electron chi connectivity index (χ2n) is 5.31. The predicted octanol–water partition coefficient (Wildman–Crippen LogP) is 3.14. The van der Waals surface area contributed by atoms with Gasteiger partial charge in [-0.15, -0.1) is 0 Å². The Morgan fingerprint density at radius 2 is 2.05 bits per heavy atom. The molecule has 0 spiro atoms. The van der Waals surface area contributed by atoms with Gasteiger partial charge in [0.15, 0.2) is 0 Å². The number of rotatable bonds is 4. The molecule has 3 nitrogen and oxygen atoms in total. The molecule has 1 aliphatic rings. The quantitative estimate of drug-likeness (QED) is 0.902. The van der Waals surface area contributed by atoms with Crippen LogP contribution in [0.3, 0.4) is 0 Å². The molecular weight excluding hydrogens is 236 g/mol. The summed E-state index contributed by atoms with van der Waals surface area (Å²) in [5.74, 6) is 1.03. The van der Waals surface area contributed by atoms with Gasteiger partial charge in [0.2, 0.25) is 5.91 Å². The van der Waals surface area contributed by atoms with Crippen LogP contribution in [0.25, 0.3) is 0 Å². The summed E-state index contributed by atoms with van der Waals surface area (Å²) in [4.78, 5) is 14.2. The van der Waals surface area contributed by atoms with Crippen molar-refractivity contribution in [1.82, 2.24) is 4.90 Å². The van der Waals surface area contributed by atoms with Crippen LogP contribution in [0, 0.1) is 5.92 Å². The topological polar surface area (TPSA) is 32.3 Å². The summed E-state index contributed by atoms with van der Waals surface area (Å²) in [5.41, 5.74) is 1.01. The van der Waals surface area contributed by atoms with Crippen molar-refractivity contribution >= 4 is 11.6 Å². The molecule has 1 aliphatic heterocycles. The lowest BCUT2D eigenvalue weighted by atomic mass is 9.98. The molecule has 0 saturated carbocycles. The van der Waals surface area contributed by atoms with Gasteiger partial charge in [-0.1, -0.05) is 31.5 Å². The van der Waals surface area contributed by atoms with Gasteiger partial charge in [0.1, 0.15) is 0 Å². The van der Waals surface area contributed by atoms with E-state index >= 15 is 0 Å². The molecule has 2 rings (SSSR count). The number of amides is 1. The number of hydrogen-bond donors (Lipinski definition) is 1. The average Bonchev–Trinajstić information content (AvgIpc) is 2.71. The number of nitrogens with zero attached hydrogens (tertiary/aromatic N) is 1. The van der Waals surface area contributed by atoms with Crippen molar-refractivity contribution in [3.63, 3.8) is 0 Å². The van der Waals surface area contributed by atoms with E-state index < -0.39 is 0 Å². The van der Waals surface area contributed by atoms with Gasteiger partial charge in [0.05, 0.1) is 6.54 Å². The van der Waals surface area contributed by atoms with Crippen LogP contribution < -0.4 is 5.32 Å². The fraction of sp³-hybridized carbons (Fsp3) is 0.562. The van der Waals surface area contributed by atoms with Crippen LogP contribution in [0.4, 0.5) is 5.69 Å². The van der Waals surface area contributed by atoms with Crippen molar-refractivity contribution in [2.75, 3.05) is 25.0 Å². The summed E-state index contributed by atoms with van der Waals surface area (Å²) >= 11 is 0. The van der Waals surface area contributed by atoms with Crippen molar-refractivity contribution in [3.05, 3.63) is 30.3 Å². The molecule has 104 valence electrons. The molecule has 1 atom stereocenters. The Kier molecular flexibility index (Phi) is 5.25. The first-order valence-corrected chi connectivity index (χ1v) is 7.36. The molecule has 0 aromatic heterocycles. The SMILES string of the molecule is CCC1CCCN(C(=O)CNc2ccccc2)CC1. The minimum atomic E-state index is 0.223. The fourth-order valence-corrected chi connectivity index (χ4v) is 2.67. The molecule has 0 aliphatic carbocycles. The lowest BCUT2D eigenvalue weighted by Crippen LogP contribution is -2.36. The Morgan fingerprint density at radius 1 is 1.26 bits per heavy atom. The first-order valence-electron chi connectivity index (χ1n) is 7.36. The monoisotopic (exact) mass is 260 g/mol. The van der Waals surface area contributed by atoms with Crippen molar-refractivity contribution in [2.24, 2.45) is 5.92 Å². The Balaban J connectivity index is 1.79. The van der Waals surface area contributed by atoms with Crippen LogP contribution >= 0.6 is 0 Å². The van der Waals surface area contributed by atoms with Crippen LogP contribution in [0.5, 0.6) is 0 Å². The maximum absolute atomic E-state index is 12.2. The van der Waals surface area contributed by atoms with Gasteiger partial charge in [-0.05, 0) is 37.3 Å². The minimum Gasteiger partial charge on any atom is -0.376 e. The van der Waals surface area contributed by atoms with E-state index in [2.05, 4.69) is 12.2 Å². The fourth-order valence-electron chi connectivity index (χ4n) is 2.67. The summed E-state index contributed by atoms with van der Waals surface area (Å²) in [6.45, 7) is 4.50. The van der Waals surface area contributed by atoms with Gasteiger partial charge in [0.25, 0.3) is 0 Å². The molecule has 1 heterocycles. The lowest BCUT2D eigenvalue weighted by molar-refractivity contribution is -0.129. The molecule has 1 saturated heterocycles. The van der Waals surface area contributed by atoms with Gasteiger partial charge < -0.3 is 10.2 Å². The Hall–Kier alpha value is -1.51. The molecule has 19 heavy (non-hydrogen) atoms. The summed E-state index contributed by atoms with van der Waals surface area (Å²) in [7, 11) is 0. The van der Waals surface area contributed by atoms with Crippen molar-refractivity contribution < 1.29 is 4.79 Å². The third-order valence-electron chi connectivity index (χ3n) is 4.00. The average molecular weight is 260 g/mol. The highest BCUT2D eigenvalue weighted by atomic mass is 16.2. The maximum Gasteiger partial charge on any atom is 0.241 e. The molecule has 1 amide bonds. The summed E-state index contributed by atoms with van der Waals surface area (Å²) in [6, 6.07) is 9.91. The zero-order chi connectivity index (χ0) is 13.5. The molecule has 3 heteroatoms. The van der Waals surface area contributed by atoms with Crippen LogP contribution in [0.2, 0.25) is 0 Å². The molecule has 0 bridgehead atoms. The number of hydrogen-bond acceptors (Lipinski definition) is 2. The van der Waals surface area contributed by atoms with Gasteiger partial charge >= 0.3 is 0 Å². The zero-order valence-electron chi connectivity index (χ0n) is 11.8. The molecule has 1 unspecified atom stereocenters. The van der Waals surface area contributed by atoms with Gasteiger partial charge in [0, 0.05) is 18.8 Å². The normalized spacial score (nSPS) is 19.8. The van der Waals surface area contributed by atoms with Crippen LogP contribution in [0.1, 0.15) is 32.6 Å². The standard InChI is InChI=1S/C16H24N2O/c1-2-14-7-6-11-18(12-10-14)16(19)13-17-15-8-4-3-5-9-15/h3-5,8-9,14,17H,2,6-7,10-13H2,1H3. The summed E-state index contributed by atoms with van der Waals surface area (Å²) in [6.07, 6.45) is 4.82. The Labute approximate surface area is 116 Å². The molecule has 1 aromatic rings. The highest BCUT2D eigenvalue weighted by Crippen LogP contribution is 2.20. The number of nitrogens with one attached hydrogen (secondary N) is 1. The maximum atomic E-state index is 12.2. The first kappa shape index (κ1) is 13.9. The third-order valence-corrected chi connectivity index (χ3v) is 4.00. The van der Waals surface area contributed by atoms with E-state index in [1.807, 2.05) is 35.2 Å². The third kappa shape index (κ3) is 4.27. The molecular formula is C16H24N2O. The minimum absolute atomic E-state index is 0.223. The van der Waals surface area contributed by atoms with E-state index in [0.29, 0.717) is 6.54 Å². The second-order valence-corrected chi connectivity index (χ2v) is 5.31. The van der Waals surface area contributed by atoms with Crippen LogP contribution in [-0.4, -0.2) is 30.4 Å². The van der Waals surface area contributed by atoms with E-state index in [0.717, 1.165) is 37.5 Å². The van der Waals surface area contributed by atoms with E-state index in [9.17, 15) is 4.79 Å². The number of carbonyl (C=O) groups is 1. The number of para-hydroxylation sites is 1. The second kappa shape index (κ2) is 7.17. The van der Waals surface area contributed by atoms with Crippen molar-refractivity contribution in [3.8, 4) is 0 Å². The van der Waals surface area contributed by atoms with Gasteiger partial charge in [-0.2, -0.15) is 0 Å². The van der Waals surface area contributed by atoms with Gasteiger partial charge in [-0.25, -0.2) is 0 Å². The Morgan fingerprint density at radius 3 is 2.79 bits per heavy atom. The van der Waals surface area contributed by atoms with Gasteiger partial charge in [-0.3, -0.25) is 4.79 Å².